The first-order chi connectivity index (χ1) is 30.7. The van der Waals surface area contributed by atoms with Crippen molar-refractivity contribution < 1.29 is 33.4 Å². The molecule has 1 atom stereocenters. The summed E-state index contributed by atoms with van der Waals surface area (Å²) in [6.07, 6.45) is 8.76. The van der Waals surface area contributed by atoms with Crippen molar-refractivity contribution in [1.29, 1.82) is 0 Å². The number of rotatable bonds is 24. The number of hydrogen-bond acceptors (Lipinski definition) is 13. The minimum absolute atomic E-state index is 0.180. The van der Waals surface area contributed by atoms with Gasteiger partial charge in [-0.25, -0.2) is 9.97 Å². The summed E-state index contributed by atoms with van der Waals surface area (Å²) in [5.41, 5.74) is 12.0. The summed E-state index contributed by atoms with van der Waals surface area (Å²) in [5.74, 6) is 0.803. The second-order valence-corrected chi connectivity index (χ2v) is 15.5. The van der Waals surface area contributed by atoms with Crippen LogP contribution in [0.4, 0.5) is 11.4 Å². The maximum atomic E-state index is 12.9. The zero-order chi connectivity index (χ0) is 44.0. The lowest BCUT2D eigenvalue weighted by atomic mass is 9.98. The van der Waals surface area contributed by atoms with Crippen molar-refractivity contribution in [3.63, 3.8) is 0 Å². The van der Waals surface area contributed by atoms with E-state index >= 15 is 0 Å². The molecule has 0 saturated carbocycles. The van der Waals surface area contributed by atoms with Crippen LogP contribution in [0.3, 0.4) is 0 Å². The van der Waals surface area contributed by atoms with E-state index < -0.39 is 17.9 Å². The molecule has 4 heterocycles. The number of amides is 4. The van der Waals surface area contributed by atoms with E-state index in [1.807, 2.05) is 54.1 Å². The summed E-state index contributed by atoms with van der Waals surface area (Å²) < 4.78 is 19.5. The Hall–Kier alpha value is -6.72. The molecule has 330 valence electrons. The van der Waals surface area contributed by atoms with Crippen molar-refractivity contribution >= 4 is 35.0 Å². The summed E-state index contributed by atoms with van der Waals surface area (Å²) in [6.45, 7) is 4.44. The second kappa shape index (κ2) is 21.9. The summed E-state index contributed by atoms with van der Waals surface area (Å²) >= 11 is 0. The number of ether oxygens (including phenoxy) is 3. The summed E-state index contributed by atoms with van der Waals surface area (Å²) in [5, 5.41) is 17.5. The van der Waals surface area contributed by atoms with Crippen molar-refractivity contribution in [2.45, 2.75) is 70.5 Å². The Bertz CT molecular complexity index is 2370. The molecule has 0 radical (unpaired) electrons. The van der Waals surface area contributed by atoms with Crippen LogP contribution in [0.1, 0.15) is 81.8 Å². The fourth-order valence-electron chi connectivity index (χ4n) is 7.64. The second-order valence-electron chi connectivity index (χ2n) is 15.5. The van der Waals surface area contributed by atoms with E-state index in [0.29, 0.717) is 94.0 Å². The fraction of sp³-hybridized carbons (Fsp3) is 0.391. The molecule has 5 N–H and O–H groups in total. The first-order valence-corrected chi connectivity index (χ1v) is 21.4. The third kappa shape index (κ3) is 12.0. The largest absolute Gasteiger partial charge is 0.494 e. The van der Waals surface area contributed by atoms with Gasteiger partial charge in [0.15, 0.2) is 11.6 Å². The number of aromatic nitrogens is 5. The van der Waals surface area contributed by atoms with Crippen molar-refractivity contribution in [2.75, 3.05) is 50.2 Å². The molecule has 17 heteroatoms. The number of anilines is 2. The molecule has 1 fully saturated rings. The van der Waals surface area contributed by atoms with Crippen LogP contribution in [0.25, 0.3) is 11.5 Å². The molecule has 2 aliphatic heterocycles. The average Bonchev–Trinajstić information content (AvgIpc) is 3.82. The van der Waals surface area contributed by atoms with Gasteiger partial charge >= 0.3 is 0 Å². The molecule has 1 unspecified atom stereocenters. The Balaban J connectivity index is 0.718. The van der Waals surface area contributed by atoms with Crippen LogP contribution in [0.15, 0.2) is 79.3 Å². The number of hydrogen-bond donors (Lipinski definition) is 4. The number of nitrogens with two attached hydrogens (primary N) is 1. The number of carbonyl (C=O) groups excluding carboxylic acids is 4. The van der Waals surface area contributed by atoms with Gasteiger partial charge in [-0.3, -0.25) is 24.5 Å². The highest BCUT2D eigenvalue weighted by Gasteiger charge is 2.39. The quantitative estimate of drug-likeness (QED) is 0.0493. The Morgan fingerprint density at radius 1 is 0.873 bits per heavy atom. The van der Waals surface area contributed by atoms with Gasteiger partial charge in [-0.15, -0.1) is 10.2 Å². The van der Waals surface area contributed by atoms with Gasteiger partial charge in [-0.2, -0.15) is 0 Å². The molecule has 63 heavy (non-hydrogen) atoms. The number of primary amides is 1. The Morgan fingerprint density at radius 2 is 1.68 bits per heavy atom. The van der Waals surface area contributed by atoms with Gasteiger partial charge in [0.25, 0.3) is 5.91 Å². The van der Waals surface area contributed by atoms with Crippen molar-refractivity contribution in [3.05, 3.63) is 113 Å². The van der Waals surface area contributed by atoms with Crippen LogP contribution in [0.5, 0.6) is 5.75 Å². The number of nitrogens with zero attached hydrogens (tertiary/aromatic N) is 6. The number of fused-ring (bicyclic) bond motifs is 1. The topological polar surface area (TPSA) is 218 Å². The number of carbonyl (C=O) groups is 4. The van der Waals surface area contributed by atoms with Crippen LogP contribution in [0, 0.1) is 0 Å². The van der Waals surface area contributed by atoms with Gasteiger partial charge in [0, 0.05) is 75.1 Å². The number of nitrogens with one attached hydrogen (secondary N) is 3. The van der Waals surface area contributed by atoms with E-state index in [1.165, 1.54) is 6.33 Å². The summed E-state index contributed by atoms with van der Waals surface area (Å²) in [7, 11) is 1.88. The molecule has 5 aromatic rings. The predicted molar refractivity (Wildman–Crippen MR) is 235 cm³/mol. The Kier molecular flexibility index (Phi) is 15.4. The number of benzene rings is 3. The van der Waals surface area contributed by atoms with Crippen molar-refractivity contribution in [1.82, 2.24) is 34.9 Å². The van der Waals surface area contributed by atoms with Gasteiger partial charge in [-0.1, -0.05) is 18.2 Å². The van der Waals surface area contributed by atoms with Gasteiger partial charge in [0.2, 0.25) is 17.7 Å². The van der Waals surface area contributed by atoms with Gasteiger partial charge in [0.05, 0.1) is 19.8 Å². The Morgan fingerprint density at radius 3 is 2.51 bits per heavy atom. The first-order valence-electron chi connectivity index (χ1n) is 21.4. The number of imide groups is 1. The van der Waals surface area contributed by atoms with Crippen LogP contribution in [0.2, 0.25) is 0 Å². The normalized spacial score (nSPS) is 14.7. The van der Waals surface area contributed by atoms with E-state index in [4.69, 9.17) is 19.9 Å². The predicted octanol–water partition coefficient (Wildman–Crippen LogP) is 4.61. The first kappa shape index (κ1) is 44.3. The monoisotopic (exact) mass is 858 g/mol. The minimum Gasteiger partial charge on any atom is -0.494 e. The van der Waals surface area contributed by atoms with E-state index in [0.717, 1.165) is 65.9 Å². The molecular weight excluding hydrogens is 805 g/mol. The molecular formula is C46H54N10O7. The third-order valence-corrected chi connectivity index (χ3v) is 11.1. The maximum absolute atomic E-state index is 12.9. The van der Waals surface area contributed by atoms with E-state index in [1.54, 1.807) is 29.3 Å². The molecule has 1 saturated heterocycles. The summed E-state index contributed by atoms with van der Waals surface area (Å²) in [4.78, 5) is 58.9. The van der Waals surface area contributed by atoms with Crippen molar-refractivity contribution in [2.24, 2.45) is 12.8 Å². The van der Waals surface area contributed by atoms with Gasteiger partial charge in [0.1, 0.15) is 23.8 Å². The van der Waals surface area contributed by atoms with Crippen molar-refractivity contribution in [3.8, 4) is 17.3 Å². The highest BCUT2D eigenvalue weighted by molar-refractivity contribution is 6.05. The third-order valence-electron chi connectivity index (χ3n) is 11.1. The van der Waals surface area contributed by atoms with E-state index in [2.05, 4.69) is 42.2 Å². The fourth-order valence-corrected chi connectivity index (χ4v) is 7.64. The minimum atomic E-state index is -0.621. The zero-order valence-corrected chi connectivity index (χ0v) is 35.5. The van der Waals surface area contributed by atoms with Gasteiger partial charge in [-0.05, 0) is 110 Å². The molecule has 17 nitrogen and oxygen atoms in total. The number of aryl methyl sites for hydroxylation is 2. The van der Waals surface area contributed by atoms with Crippen LogP contribution >= 0.6 is 0 Å². The molecule has 2 aliphatic rings. The molecule has 4 amide bonds. The zero-order valence-electron chi connectivity index (χ0n) is 35.5. The molecule has 0 spiro atoms. The smallest absolute Gasteiger partial charge is 0.255 e. The van der Waals surface area contributed by atoms with E-state index in [-0.39, 0.29) is 18.2 Å². The molecule has 0 aliphatic carbocycles. The molecule has 7 rings (SSSR count). The highest BCUT2D eigenvalue weighted by Crippen LogP contribution is 2.29. The van der Waals surface area contributed by atoms with Crippen LogP contribution in [-0.2, 0) is 52.0 Å². The van der Waals surface area contributed by atoms with Crippen LogP contribution < -0.4 is 26.4 Å². The number of piperidine rings is 1. The molecule has 2 aromatic heterocycles. The molecule has 3 aromatic carbocycles. The summed E-state index contributed by atoms with van der Waals surface area (Å²) in [6, 6.07) is 20.5. The highest BCUT2D eigenvalue weighted by atomic mass is 16.5. The Labute approximate surface area is 366 Å². The van der Waals surface area contributed by atoms with Gasteiger partial charge < -0.3 is 40.0 Å². The lowest BCUT2D eigenvalue weighted by Gasteiger charge is -2.29. The van der Waals surface area contributed by atoms with Crippen LogP contribution in [-0.4, -0.2) is 98.9 Å². The standard InChI is InChI=1S/C46H54N10O7/c1-55-41(53-54-44(55)39-17-18-48-30-51-39)28-50-35-12-11-32(38(27-35)43(47)58)10-9-31-7-5-8-36(25-31)63-23-4-2-3-20-61-21-6-22-62-24-19-49-34-13-14-37-33(26-34)29-56(46(37)60)40-15-16-42(57)52-45(40)59/h5,7-8,11-14,17-18,25-27,30,40,49-50H,2-4,6,9-10,15-16,19-24,28-29H2,1H3,(H2,47,58)(H,52,57,59). The maximum Gasteiger partial charge on any atom is 0.255 e. The lowest BCUT2D eigenvalue weighted by molar-refractivity contribution is -0.136. The van der Waals surface area contributed by atoms with E-state index in [9.17, 15) is 19.2 Å². The SMILES string of the molecule is Cn1c(CNc2ccc(CCc3cccc(OCCCCCOCCCOCCNc4ccc5c(c4)CN(C4CCC(=O)NC4=O)C5=O)c3)c(C(N)=O)c2)nnc1-c1ccncn1. The number of unbranched alkanes of at least 4 members (excludes halogenated alkanes) is 2. The average molecular weight is 859 g/mol. The molecule has 0 bridgehead atoms. The lowest BCUT2D eigenvalue weighted by Crippen LogP contribution is -2.52.